The largest absolute Gasteiger partial charge is 0.462 e. The lowest BCUT2D eigenvalue weighted by Gasteiger charge is -2.18. The molecule has 0 aliphatic heterocycles. The molecule has 0 aromatic heterocycles. The zero-order chi connectivity index (χ0) is 40.1. The average molecular weight is 771 g/mol. The number of esters is 3. The summed E-state index contributed by atoms with van der Waals surface area (Å²) in [6.07, 6.45) is 51.0. The van der Waals surface area contributed by atoms with Crippen LogP contribution in [-0.4, -0.2) is 37.2 Å². The third-order valence-corrected chi connectivity index (χ3v) is 9.80. The molecule has 0 saturated carbocycles. The van der Waals surface area contributed by atoms with Crippen LogP contribution in [0, 0.1) is 0 Å². The lowest BCUT2D eigenvalue weighted by molar-refractivity contribution is -0.167. The lowest BCUT2D eigenvalue weighted by Crippen LogP contribution is -2.30. The fraction of sp³-hybridized carbons (Fsp3) is 0.776. The van der Waals surface area contributed by atoms with Gasteiger partial charge in [-0.25, -0.2) is 0 Å². The van der Waals surface area contributed by atoms with Crippen LogP contribution in [0.2, 0.25) is 0 Å². The molecule has 55 heavy (non-hydrogen) atoms. The molecule has 0 fully saturated rings. The Kier molecular flexibility index (Phi) is 42.0. The van der Waals surface area contributed by atoms with Gasteiger partial charge in [-0.2, -0.15) is 0 Å². The Balaban J connectivity index is 4.41. The highest BCUT2D eigenvalue weighted by Crippen LogP contribution is 2.13. The van der Waals surface area contributed by atoms with Crippen LogP contribution in [0.3, 0.4) is 0 Å². The number of ether oxygens (including phenoxy) is 3. The molecule has 0 N–H and O–H groups in total. The van der Waals surface area contributed by atoms with Crippen LogP contribution in [0.5, 0.6) is 0 Å². The summed E-state index contributed by atoms with van der Waals surface area (Å²) in [6, 6.07) is 0. The summed E-state index contributed by atoms with van der Waals surface area (Å²) in [5, 5.41) is 0. The van der Waals surface area contributed by atoms with E-state index in [1.807, 2.05) is 0 Å². The van der Waals surface area contributed by atoms with Crippen molar-refractivity contribution in [2.24, 2.45) is 0 Å². The van der Waals surface area contributed by atoms with Crippen molar-refractivity contribution in [1.29, 1.82) is 0 Å². The predicted octanol–water partition coefficient (Wildman–Crippen LogP) is 14.8. The fourth-order valence-corrected chi connectivity index (χ4v) is 6.22. The smallest absolute Gasteiger partial charge is 0.306 e. The van der Waals surface area contributed by atoms with E-state index in [4.69, 9.17) is 14.2 Å². The molecule has 6 nitrogen and oxygen atoms in total. The minimum atomic E-state index is -0.789. The van der Waals surface area contributed by atoms with Crippen LogP contribution in [-0.2, 0) is 28.6 Å². The molecule has 6 heteroatoms. The van der Waals surface area contributed by atoms with Crippen molar-refractivity contribution in [1.82, 2.24) is 0 Å². The van der Waals surface area contributed by atoms with Gasteiger partial charge in [-0.3, -0.25) is 14.4 Å². The highest BCUT2D eigenvalue weighted by atomic mass is 16.6. The van der Waals surface area contributed by atoms with E-state index >= 15 is 0 Å². The Morgan fingerprint density at radius 2 is 0.673 bits per heavy atom. The van der Waals surface area contributed by atoms with E-state index in [9.17, 15) is 14.4 Å². The Morgan fingerprint density at radius 3 is 1.09 bits per heavy atom. The van der Waals surface area contributed by atoms with E-state index in [-0.39, 0.29) is 31.1 Å². The summed E-state index contributed by atoms with van der Waals surface area (Å²) in [6.45, 7) is 6.50. The number of hydrogen-bond acceptors (Lipinski definition) is 6. The number of unbranched alkanes of at least 4 members (excludes halogenated alkanes) is 23. The first-order chi connectivity index (χ1) is 27.0. The number of carbonyl (C=O) groups is 3. The maximum absolute atomic E-state index is 12.7. The highest BCUT2D eigenvalue weighted by molar-refractivity contribution is 5.71. The van der Waals surface area contributed by atoms with Gasteiger partial charge in [-0.15, -0.1) is 0 Å². The van der Waals surface area contributed by atoms with Crippen LogP contribution < -0.4 is 0 Å². The minimum Gasteiger partial charge on any atom is -0.462 e. The molecule has 0 saturated heterocycles. The lowest BCUT2D eigenvalue weighted by atomic mass is 10.1. The van der Waals surface area contributed by atoms with Crippen molar-refractivity contribution >= 4 is 17.9 Å². The predicted molar refractivity (Wildman–Crippen MR) is 233 cm³/mol. The molecule has 0 aromatic carbocycles. The highest BCUT2D eigenvalue weighted by Gasteiger charge is 2.19. The van der Waals surface area contributed by atoms with Gasteiger partial charge in [-0.05, 0) is 83.5 Å². The molecule has 0 spiro atoms. The maximum atomic E-state index is 12.7. The fourth-order valence-electron chi connectivity index (χ4n) is 6.22. The quantitative estimate of drug-likeness (QED) is 0.0202. The Labute approximate surface area is 339 Å². The summed E-state index contributed by atoms with van der Waals surface area (Å²) in [4.78, 5) is 37.7. The van der Waals surface area contributed by atoms with Crippen LogP contribution in [0.1, 0.15) is 226 Å². The summed E-state index contributed by atoms with van der Waals surface area (Å²) >= 11 is 0. The van der Waals surface area contributed by atoms with E-state index in [0.29, 0.717) is 19.3 Å². The van der Waals surface area contributed by atoms with E-state index in [1.165, 1.54) is 83.5 Å². The van der Waals surface area contributed by atoms with Gasteiger partial charge < -0.3 is 14.2 Å². The summed E-state index contributed by atoms with van der Waals surface area (Å²) in [5.41, 5.74) is 0. The molecule has 0 bridgehead atoms. The van der Waals surface area contributed by atoms with Crippen LogP contribution in [0.4, 0.5) is 0 Å². The summed E-state index contributed by atoms with van der Waals surface area (Å²) < 4.78 is 16.6. The van der Waals surface area contributed by atoms with Crippen molar-refractivity contribution in [3.63, 3.8) is 0 Å². The Morgan fingerprint density at radius 1 is 0.364 bits per heavy atom. The topological polar surface area (TPSA) is 78.9 Å². The summed E-state index contributed by atoms with van der Waals surface area (Å²) in [7, 11) is 0. The van der Waals surface area contributed by atoms with Crippen molar-refractivity contribution in [3.8, 4) is 0 Å². The molecule has 0 aliphatic rings. The molecule has 0 amide bonds. The van der Waals surface area contributed by atoms with Crippen LogP contribution in [0.15, 0.2) is 48.6 Å². The van der Waals surface area contributed by atoms with Gasteiger partial charge in [0.15, 0.2) is 6.10 Å². The third-order valence-electron chi connectivity index (χ3n) is 9.80. The van der Waals surface area contributed by atoms with Gasteiger partial charge in [0.25, 0.3) is 0 Å². The van der Waals surface area contributed by atoms with E-state index < -0.39 is 6.10 Å². The normalized spacial score (nSPS) is 12.4. The zero-order valence-corrected chi connectivity index (χ0v) is 36.2. The molecule has 318 valence electrons. The number of rotatable bonds is 41. The number of allylic oxidation sites excluding steroid dienone is 8. The maximum Gasteiger partial charge on any atom is 0.306 e. The second kappa shape index (κ2) is 44.1. The van der Waals surface area contributed by atoms with Gasteiger partial charge in [0.05, 0.1) is 0 Å². The molecule has 0 aliphatic carbocycles. The zero-order valence-electron chi connectivity index (χ0n) is 36.2. The molecular weight excluding hydrogens is 685 g/mol. The van der Waals surface area contributed by atoms with E-state index in [2.05, 4.69) is 69.4 Å². The minimum absolute atomic E-state index is 0.0913. The van der Waals surface area contributed by atoms with Crippen molar-refractivity contribution < 1.29 is 28.6 Å². The van der Waals surface area contributed by atoms with Gasteiger partial charge in [0.1, 0.15) is 13.2 Å². The second-order valence-electron chi connectivity index (χ2n) is 15.3. The first-order valence-corrected chi connectivity index (χ1v) is 23.2. The second-order valence-corrected chi connectivity index (χ2v) is 15.3. The molecule has 1 unspecified atom stereocenters. The SMILES string of the molecule is CCCC/C=C\CCCCCCCC(=O)OC(COC(=O)CCCCC/C=C\C=C/CCCCCCCCC)COC(=O)CCCCCC/C=C\CCCC. The first-order valence-electron chi connectivity index (χ1n) is 23.2. The molecule has 0 rings (SSSR count). The number of hydrogen-bond donors (Lipinski definition) is 0. The van der Waals surface area contributed by atoms with Gasteiger partial charge in [0, 0.05) is 19.3 Å². The monoisotopic (exact) mass is 771 g/mol. The van der Waals surface area contributed by atoms with Crippen molar-refractivity contribution in [2.75, 3.05) is 13.2 Å². The van der Waals surface area contributed by atoms with Gasteiger partial charge in [0.2, 0.25) is 0 Å². The average Bonchev–Trinajstić information content (AvgIpc) is 3.18. The number of carbonyl (C=O) groups excluding carboxylic acids is 3. The van der Waals surface area contributed by atoms with Gasteiger partial charge >= 0.3 is 17.9 Å². The van der Waals surface area contributed by atoms with Crippen molar-refractivity contribution in [3.05, 3.63) is 48.6 Å². The molecule has 0 aromatic rings. The van der Waals surface area contributed by atoms with Crippen LogP contribution in [0.25, 0.3) is 0 Å². The Bertz CT molecular complexity index is 980. The summed E-state index contributed by atoms with van der Waals surface area (Å²) in [5.74, 6) is -0.943. The van der Waals surface area contributed by atoms with Gasteiger partial charge in [-0.1, -0.05) is 172 Å². The van der Waals surface area contributed by atoms with Crippen LogP contribution >= 0.6 is 0 Å². The molecule has 0 heterocycles. The first kappa shape index (κ1) is 52.4. The Hall–Kier alpha value is -2.63. The van der Waals surface area contributed by atoms with E-state index in [1.54, 1.807) is 0 Å². The standard InChI is InChI=1S/C49H86O6/c1-4-7-10-13-16-19-22-23-24-25-26-28-30-33-36-39-42-48(51)54-45-46(44-53-47(50)41-38-35-32-29-21-18-15-12-9-6-3)55-49(52)43-40-37-34-31-27-20-17-14-11-8-5-2/h14-15,17-18,24-26,28,46H,4-13,16,19-23,27,29-45H2,1-3H3/b17-14-,18-15-,25-24-,28-26-. The third kappa shape index (κ3) is 42.4. The van der Waals surface area contributed by atoms with E-state index in [0.717, 1.165) is 103 Å². The van der Waals surface area contributed by atoms with Crippen molar-refractivity contribution in [2.45, 2.75) is 232 Å². The molecular formula is C49H86O6. The molecule has 1 atom stereocenters. The molecule has 0 radical (unpaired) electrons.